The van der Waals surface area contributed by atoms with Crippen LogP contribution in [0.25, 0.3) is 0 Å². The molecule has 0 aromatic carbocycles. The van der Waals surface area contributed by atoms with Crippen molar-refractivity contribution in [1.29, 1.82) is 0 Å². The second-order valence-electron chi connectivity index (χ2n) is 6.30. The van der Waals surface area contributed by atoms with E-state index in [4.69, 9.17) is 0 Å². The molecule has 3 heteroatoms. The van der Waals surface area contributed by atoms with Gasteiger partial charge in [-0.15, -0.1) is 0 Å². The van der Waals surface area contributed by atoms with Gasteiger partial charge in [0.2, 0.25) is 5.91 Å². The molecule has 2 aliphatic rings. The standard InChI is InChI=1S/C13H23NO2/c1-12(2,16)10-5-4-8-14(9-10)11(15)13(3)6-7-13/h10,16H,4-9H2,1-3H3. The molecule has 1 saturated carbocycles. The first-order chi connectivity index (χ1) is 7.33. The lowest BCUT2D eigenvalue weighted by Crippen LogP contribution is -2.48. The monoisotopic (exact) mass is 225 g/mol. The van der Waals surface area contributed by atoms with Gasteiger partial charge in [-0.1, -0.05) is 6.92 Å². The molecule has 0 aromatic heterocycles. The van der Waals surface area contributed by atoms with Crippen LogP contribution in [0.5, 0.6) is 0 Å². The normalized spacial score (nSPS) is 29.0. The largest absolute Gasteiger partial charge is 0.390 e. The summed E-state index contributed by atoms with van der Waals surface area (Å²) in [5, 5.41) is 10.0. The summed E-state index contributed by atoms with van der Waals surface area (Å²) in [6, 6.07) is 0. The minimum absolute atomic E-state index is 0.0680. The summed E-state index contributed by atoms with van der Waals surface area (Å²) in [5.74, 6) is 0.536. The lowest BCUT2D eigenvalue weighted by molar-refractivity contribution is -0.140. The van der Waals surface area contributed by atoms with E-state index in [1.807, 2.05) is 18.7 Å². The molecule has 1 saturated heterocycles. The minimum Gasteiger partial charge on any atom is -0.390 e. The maximum Gasteiger partial charge on any atom is 0.228 e. The summed E-state index contributed by atoms with van der Waals surface area (Å²) in [6.45, 7) is 7.37. The molecular weight excluding hydrogens is 202 g/mol. The SMILES string of the molecule is CC1(C(=O)N2CCCC(C(C)(C)O)C2)CC1. The average Bonchev–Trinajstić information content (AvgIpc) is 2.96. The summed E-state index contributed by atoms with van der Waals surface area (Å²) in [7, 11) is 0. The van der Waals surface area contributed by atoms with Crippen molar-refractivity contribution in [2.24, 2.45) is 11.3 Å². The van der Waals surface area contributed by atoms with Crippen molar-refractivity contribution in [3.8, 4) is 0 Å². The minimum atomic E-state index is -0.663. The third-order valence-corrected chi connectivity index (χ3v) is 4.22. The fourth-order valence-electron chi connectivity index (χ4n) is 2.52. The van der Waals surface area contributed by atoms with E-state index in [2.05, 4.69) is 6.92 Å². The molecule has 1 atom stereocenters. The van der Waals surface area contributed by atoms with E-state index < -0.39 is 5.60 Å². The third-order valence-electron chi connectivity index (χ3n) is 4.22. The highest BCUT2D eigenvalue weighted by atomic mass is 16.3. The van der Waals surface area contributed by atoms with Crippen molar-refractivity contribution < 1.29 is 9.90 Å². The van der Waals surface area contributed by atoms with Crippen LogP contribution in [-0.2, 0) is 4.79 Å². The van der Waals surface area contributed by atoms with Crippen molar-refractivity contribution in [3.05, 3.63) is 0 Å². The van der Waals surface area contributed by atoms with Gasteiger partial charge < -0.3 is 10.0 Å². The van der Waals surface area contributed by atoms with Gasteiger partial charge >= 0.3 is 0 Å². The Kier molecular flexibility index (Phi) is 2.77. The van der Waals surface area contributed by atoms with Gasteiger partial charge in [-0.2, -0.15) is 0 Å². The van der Waals surface area contributed by atoms with E-state index in [1.54, 1.807) is 0 Å². The fourth-order valence-corrected chi connectivity index (χ4v) is 2.52. The lowest BCUT2D eigenvalue weighted by atomic mass is 9.84. The van der Waals surface area contributed by atoms with E-state index in [-0.39, 0.29) is 11.3 Å². The molecule has 92 valence electrons. The molecule has 1 heterocycles. The smallest absolute Gasteiger partial charge is 0.228 e. The molecule has 2 rings (SSSR count). The maximum absolute atomic E-state index is 12.2. The van der Waals surface area contributed by atoms with Crippen LogP contribution >= 0.6 is 0 Å². The van der Waals surface area contributed by atoms with Crippen LogP contribution in [0, 0.1) is 11.3 Å². The van der Waals surface area contributed by atoms with E-state index in [1.165, 1.54) is 0 Å². The molecule has 1 aliphatic heterocycles. The summed E-state index contributed by atoms with van der Waals surface area (Å²) in [6.07, 6.45) is 4.13. The zero-order valence-electron chi connectivity index (χ0n) is 10.6. The zero-order valence-corrected chi connectivity index (χ0v) is 10.6. The number of amides is 1. The van der Waals surface area contributed by atoms with Crippen molar-refractivity contribution in [3.63, 3.8) is 0 Å². The fraction of sp³-hybridized carbons (Fsp3) is 0.923. The van der Waals surface area contributed by atoms with Gasteiger partial charge in [-0.25, -0.2) is 0 Å². The zero-order chi connectivity index (χ0) is 12.0. The molecule has 1 amide bonds. The number of nitrogens with zero attached hydrogens (tertiary/aromatic N) is 1. The van der Waals surface area contributed by atoms with E-state index in [0.717, 1.165) is 38.8 Å². The van der Waals surface area contributed by atoms with Gasteiger partial charge in [-0.05, 0) is 39.5 Å². The van der Waals surface area contributed by atoms with Gasteiger partial charge in [0.25, 0.3) is 0 Å². The first-order valence-electron chi connectivity index (χ1n) is 6.35. The van der Waals surface area contributed by atoms with Crippen molar-refractivity contribution in [2.45, 2.75) is 52.1 Å². The Morgan fingerprint density at radius 2 is 2.06 bits per heavy atom. The Labute approximate surface area is 97.8 Å². The second-order valence-corrected chi connectivity index (χ2v) is 6.30. The van der Waals surface area contributed by atoms with Crippen LogP contribution in [0.1, 0.15) is 46.5 Å². The van der Waals surface area contributed by atoms with Crippen LogP contribution in [0.15, 0.2) is 0 Å². The number of likely N-dealkylation sites (tertiary alicyclic amines) is 1. The number of piperidine rings is 1. The maximum atomic E-state index is 12.2. The topological polar surface area (TPSA) is 40.5 Å². The molecular formula is C13H23NO2. The molecule has 0 spiro atoms. The number of hydrogen-bond donors (Lipinski definition) is 1. The number of aliphatic hydroxyl groups is 1. The van der Waals surface area contributed by atoms with Crippen LogP contribution in [0.3, 0.4) is 0 Å². The lowest BCUT2D eigenvalue weighted by Gasteiger charge is -2.39. The molecule has 1 unspecified atom stereocenters. The van der Waals surface area contributed by atoms with E-state index >= 15 is 0 Å². The van der Waals surface area contributed by atoms with Crippen molar-refractivity contribution in [1.82, 2.24) is 4.90 Å². The highest BCUT2D eigenvalue weighted by Crippen LogP contribution is 2.47. The first-order valence-corrected chi connectivity index (χ1v) is 6.35. The first kappa shape index (κ1) is 11.9. The van der Waals surface area contributed by atoms with Gasteiger partial charge in [0.1, 0.15) is 0 Å². The highest BCUT2D eigenvalue weighted by molar-refractivity contribution is 5.85. The molecule has 0 aromatic rings. The van der Waals surface area contributed by atoms with Gasteiger partial charge in [0, 0.05) is 24.4 Å². The summed E-state index contributed by atoms with van der Waals surface area (Å²) >= 11 is 0. The van der Waals surface area contributed by atoms with Crippen LogP contribution < -0.4 is 0 Å². The van der Waals surface area contributed by atoms with Gasteiger partial charge in [0.15, 0.2) is 0 Å². The molecule has 0 bridgehead atoms. The second kappa shape index (κ2) is 3.73. The summed E-state index contributed by atoms with van der Waals surface area (Å²) < 4.78 is 0. The van der Waals surface area contributed by atoms with Crippen LogP contribution in [-0.4, -0.2) is 34.6 Å². The van der Waals surface area contributed by atoms with Crippen molar-refractivity contribution in [2.75, 3.05) is 13.1 Å². The Bertz CT molecular complexity index is 289. The molecule has 2 fully saturated rings. The average molecular weight is 225 g/mol. The van der Waals surface area contributed by atoms with Gasteiger partial charge in [-0.3, -0.25) is 4.79 Å². The van der Waals surface area contributed by atoms with E-state index in [9.17, 15) is 9.90 Å². The molecule has 16 heavy (non-hydrogen) atoms. The Morgan fingerprint density at radius 1 is 1.44 bits per heavy atom. The molecule has 1 aliphatic carbocycles. The van der Waals surface area contributed by atoms with Crippen molar-refractivity contribution >= 4 is 5.91 Å². The van der Waals surface area contributed by atoms with Crippen LogP contribution in [0.4, 0.5) is 0 Å². The van der Waals surface area contributed by atoms with Crippen LogP contribution in [0.2, 0.25) is 0 Å². The number of carbonyl (C=O) groups is 1. The third kappa shape index (κ3) is 2.24. The molecule has 3 nitrogen and oxygen atoms in total. The summed E-state index contributed by atoms with van der Waals surface area (Å²) in [5.41, 5.74) is -0.731. The van der Waals surface area contributed by atoms with E-state index in [0.29, 0.717) is 5.91 Å². The predicted octanol–water partition coefficient (Wildman–Crippen LogP) is 1.80. The molecule has 1 N–H and O–H groups in total. The highest BCUT2D eigenvalue weighted by Gasteiger charge is 2.48. The quantitative estimate of drug-likeness (QED) is 0.778. The Morgan fingerprint density at radius 3 is 2.56 bits per heavy atom. The summed E-state index contributed by atoms with van der Waals surface area (Å²) in [4.78, 5) is 14.2. The molecule has 0 radical (unpaired) electrons. The Balaban J connectivity index is 1.99. The number of hydrogen-bond acceptors (Lipinski definition) is 2. The number of rotatable bonds is 2. The predicted molar refractivity (Wildman–Crippen MR) is 62.9 cm³/mol. The number of carbonyl (C=O) groups excluding carboxylic acids is 1. The Hall–Kier alpha value is -0.570. The van der Waals surface area contributed by atoms with Gasteiger partial charge in [0.05, 0.1) is 5.60 Å².